The highest BCUT2D eigenvalue weighted by Crippen LogP contribution is 2.12. The fourth-order valence-electron chi connectivity index (χ4n) is 1.99. The van der Waals surface area contributed by atoms with E-state index in [0.29, 0.717) is 12.4 Å². The normalized spacial score (nSPS) is 10.3. The van der Waals surface area contributed by atoms with Gasteiger partial charge in [0.25, 0.3) is 0 Å². The molecule has 0 radical (unpaired) electrons. The van der Waals surface area contributed by atoms with Crippen LogP contribution in [0.25, 0.3) is 0 Å². The molecule has 0 aliphatic carbocycles. The first kappa shape index (κ1) is 19.2. The molecule has 0 N–H and O–H groups in total. The van der Waals surface area contributed by atoms with Crippen LogP contribution >= 0.6 is 0 Å². The Kier molecular flexibility index (Phi) is 9.71. The number of benzene rings is 1. The van der Waals surface area contributed by atoms with Crippen molar-refractivity contribution in [2.24, 2.45) is 0 Å². The molecule has 0 saturated heterocycles. The van der Waals surface area contributed by atoms with Gasteiger partial charge >= 0.3 is 11.9 Å². The van der Waals surface area contributed by atoms with Crippen molar-refractivity contribution in [1.29, 1.82) is 0 Å². The Morgan fingerprint density at radius 3 is 2.48 bits per heavy atom. The topological polar surface area (TPSA) is 61.8 Å². The molecule has 128 valence electrons. The Balaban J connectivity index is 2.06. The smallest absolute Gasteiger partial charge is 0.337 e. The quantitative estimate of drug-likeness (QED) is 0.355. The standard InChI is InChI=1S/C18H26O5/c1-3-4-5-6-7-11-22-17(19)13-21-14-18(20)23-16-10-8-9-15(2)12-16/h8-10,12H,3-7,11,13-14H2,1-2H3. The van der Waals surface area contributed by atoms with E-state index in [4.69, 9.17) is 14.2 Å². The van der Waals surface area contributed by atoms with Gasteiger partial charge in [-0.05, 0) is 31.0 Å². The molecule has 0 unspecified atom stereocenters. The molecule has 0 atom stereocenters. The largest absolute Gasteiger partial charge is 0.464 e. The zero-order valence-electron chi connectivity index (χ0n) is 14.0. The van der Waals surface area contributed by atoms with E-state index in [9.17, 15) is 9.59 Å². The van der Waals surface area contributed by atoms with Crippen molar-refractivity contribution in [2.75, 3.05) is 19.8 Å². The molecule has 1 rings (SSSR count). The Labute approximate surface area is 137 Å². The molecule has 1 aromatic rings. The summed E-state index contributed by atoms with van der Waals surface area (Å²) in [4.78, 5) is 23.0. The predicted octanol–water partition coefficient (Wildman–Crippen LogP) is 3.43. The second-order valence-electron chi connectivity index (χ2n) is 5.42. The van der Waals surface area contributed by atoms with Crippen molar-refractivity contribution < 1.29 is 23.8 Å². The Bertz CT molecular complexity index is 484. The second-order valence-corrected chi connectivity index (χ2v) is 5.42. The number of rotatable bonds is 11. The van der Waals surface area contributed by atoms with Crippen LogP contribution in [-0.2, 0) is 19.1 Å². The van der Waals surface area contributed by atoms with Crippen LogP contribution in [0.3, 0.4) is 0 Å². The Hall–Kier alpha value is -1.88. The van der Waals surface area contributed by atoms with Crippen LogP contribution in [0.15, 0.2) is 24.3 Å². The van der Waals surface area contributed by atoms with Gasteiger partial charge < -0.3 is 14.2 Å². The first-order valence-electron chi connectivity index (χ1n) is 8.12. The number of esters is 2. The summed E-state index contributed by atoms with van der Waals surface area (Å²) in [6, 6.07) is 7.16. The van der Waals surface area contributed by atoms with E-state index in [0.717, 1.165) is 24.8 Å². The minimum atomic E-state index is -0.539. The van der Waals surface area contributed by atoms with Gasteiger partial charge in [-0.2, -0.15) is 0 Å². The van der Waals surface area contributed by atoms with Gasteiger partial charge in [0.15, 0.2) is 0 Å². The fraction of sp³-hybridized carbons (Fsp3) is 0.556. The molecular formula is C18H26O5. The maximum Gasteiger partial charge on any atom is 0.337 e. The van der Waals surface area contributed by atoms with Gasteiger partial charge in [-0.15, -0.1) is 0 Å². The number of ether oxygens (including phenoxy) is 3. The first-order valence-corrected chi connectivity index (χ1v) is 8.12. The molecule has 0 aliphatic heterocycles. The Morgan fingerprint density at radius 1 is 1.00 bits per heavy atom. The lowest BCUT2D eigenvalue weighted by Crippen LogP contribution is -2.20. The van der Waals surface area contributed by atoms with Crippen LogP contribution < -0.4 is 4.74 Å². The molecule has 5 heteroatoms. The minimum Gasteiger partial charge on any atom is -0.464 e. The van der Waals surface area contributed by atoms with Crippen LogP contribution in [0.5, 0.6) is 5.75 Å². The van der Waals surface area contributed by atoms with Crippen LogP contribution in [-0.4, -0.2) is 31.8 Å². The molecule has 23 heavy (non-hydrogen) atoms. The minimum absolute atomic E-state index is 0.238. The average molecular weight is 322 g/mol. The first-order chi connectivity index (χ1) is 11.1. The number of hydrogen-bond donors (Lipinski definition) is 0. The lowest BCUT2D eigenvalue weighted by molar-refractivity contribution is -0.152. The number of aryl methyl sites for hydroxylation is 1. The van der Waals surface area contributed by atoms with E-state index in [1.807, 2.05) is 13.0 Å². The average Bonchev–Trinajstić information content (AvgIpc) is 2.50. The summed E-state index contributed by atoms with van der Waals surface area (Å²) in [5, 5.41) is 0. The molecule has 1 aromatic carbocycles. The van der Waals surface area contributed by atoms with Gasteiger partial charge in [0, 0.05) is 0 Å². The molecule has 0 heterocycles. The van der Waals surface area contributed by atoms with E-state index >= 15 is 0 Å². The number of hydrogen-bond acceptors (Lipinski definition) is 5. The third-order valence-electron chi connectivity index (χ3n) is 3.17. The monoisotopic (exact) mass is 322 g/mol. The highest BCUT2D eigenvalue weighted by atomic mass is 16.6. The van der Waals surface area contributed by atoms with Gasteiger partial charge in [0.05, 0.1) is 6.61 Å². The van der Waals surface area contributed by atoms with Crippen molar-refractivity contribution in [1.82, 2.24) is 0 Å². The van der Waals surface area contributed by atoms with E-state index in [2.05, 4.69) is 6.92 Å². The van der Waals surface area contributed by atoms with Crippen LogP contribution in [0.2, 0.25) is 0 Å². The van der Waals surface area contributed by atoms with E-state index in [-0.39, 0.29) is 13.2 Å². The molecule has 0 aliphatic rings. The summed E-state index contributed by atoms with van der Waals surface area (Å²) < 4.78 is 15.1. The third-order valence-corrected chi connectivity index (χ3v) is 3.17. The van der Waals surface area contributed by atoms with Crippen molar-refractivity contribution in [3.05, 3.63) is 29.8 Å². The zero-order valence-corrected chi connectivity index (χ0v) is 14.0. The van der Waals surface area contributed by atoms with E-state index < -0.39 is 11.9 Å². The van der Waals surface area contributed by atoms with E-state index in [1.54, 1.807) is 18.2 Å². The Morgan fingerprint density at radius 2 is 1.74 bits per heavy atom. The molecule has 0 saturated carbocycles. The molecule has 0 spiro atoms. The van der Waals surface area contributed by atoms with Crippen molar-refractivity contribution in [3.8, 4) is 5.75 Å². The van der Waals surface area contributed by atoms with Crippen LogP contribution in [0, 0.1) is 6.92 Å². The van der Waals surface area contributed by atoms with Gasteiger partial charge in [-0.25, -0.2) is 9.59 Å². The SMILES string of the molecule is CCCCCCCOC(=O)COCC(=O)Oc1cccc(C)c1. The van der Waals surface area contributed by atoms with Crippen molar-refractivity contribution in [3.63, 3.8) is 0 Å². The van der Waals surface area contributed by atoms with Gasteiger partial charge in [-0.3, -0.25) is 0 Å². The third kappa shape index (κ3) is 9.68. The van der Waals surface area contributed by atoms with Crippen molar-refractivity contribution in [2.45, 2.75) is 46.0 Å². The summed E-state index contributed by atoms with van der Waals surface area (Å²) >= 11 is 0. The summed E-state index contributed by atoms with van der Waals surface area (Å²) in [7, 11) is 0. The molecule has 0 bridgehead atoms. The molecule has 5 nitrogen and oxygen atoms in total. The van der Waals surface area contributed by atoms with E-state index in [1.165, 1.54) is 12.8 Å². The maximum absolute atomic E-state index is 11.6. The number of carbonyl (C=O) groups excluding carboxylic acids is 2. The number of unbranched alkanes of at least 4 members (excludes halogenated alkanes) is 4. The van der Waals surface area contributed by atoms with Crippen molar-refractivity contribution >= 4 is 11.9 Å². The molecule has 0 aromatic heterocycles. The predicted molar refractivity (Wildman–Crippen MR) is 87.4 cm³/mol. The molecule has 0 amide bonds. The fourth-order valence-corrected chi connectivity index (χ4v) is 1.99. The summed E-state index contributed by atoms with van der Waals surface area (Å²) in [5.41, 5.74) is 0.999. The second kappa shape index (κ2) is 11.7. The van der Waals surface area contributed by atoms with Crippen LogP contribution in [0.1, 0.15) is 44.6 Å². The van der Waals surface area contributed by atoms with Gasteiger partial charge in [0.1, 0.15) is 19.0 Å². The summed E-state index contributed by atoms with van der Waals surface area (Å²) in [5.74, 6) is -0.528. The molecular weight excluding hydrogens is 296 g/mol. The summed E-state index contributed by atoms with van der Waals surface area (Å²) in [6.07, 6.45) is 5.48. The van der Waals surface area contributed by atoms with Gasteiger partial charge in [0.2, 0.25) is 0 Å². The zero-order chi connectivity index (χ0) is 16.9. The van der Waals surface area contributed by atoms with Gasteiger partial charge in [-0.1, -0.05) is 44.7 Å². The highest BCUT2D eigenvalue weighted by Gasteiger charge is 2.08. The highest BCUT2D eigenvalue weighted by molar-refractivity contribution is 5.75. The molecule has 0 fully saturated rings. The lowest BCUT2D eigenvalue weighted by Gasteiger charge is -2.07. The lowest BCUT2D eigenvalue weighted by atomic mass is 10.2. The van der Waals surface area contributed by atoms with Crippen LogP contribution in [0.4, 0.5) is 0 Å². The summed E-state index contributed by atoms with van der Waals surface area (Å²) in [6.45, 7) is 3.95. The number of carbonyl (C=O) groups is 2. The maximum atomic E-state index is 11.6.